The Bertz CT molecular complexity index is 1720. The van der Waals surface area contributed by atoms with Gasteiger partial charge in [-0.25, -0.2) is 9.59 Å². The SMILES string of the molecule is Cc1ccc(SCCC(Oc2ccc(C(F)(F)F)cc2)C(=O)OC(=O)C(CCSc2cc(C)ccc2C)Oc2ccc(C(F)(F)F)cc2)cc1. The third-order valence-electron chi connectivity index (χ3n) is 7.30. The molecule has 0 spiro atoms. The van der Waals surface area contributed by atoms with Gasteiger partial charge in [-0.3, -0.25) is 0 Å². The molecule has 0 aliphatic rings. The molecule has 0 aliphatic heterocycles. The molecule has 0 saturated carbocycles. The van der Waals surface area contributed by atoms with E-state index in [1.54, 1.807) is 0 Å². The van der Waals surface area contributed by atoms with Crippen LogP contribution in [0.15, 0.2) is 101 Å². The molecule has 0 aliphatic carbocycles. The molecule has 13 heteroatoms. The molecule has 0 heterocycles. The van der Waals surface area contributed by atoms with Crippen molar-refractivity contribution in [2.24, 2.45) is 0 Å². The first-order chi connectivity index (χ1) is 23.6. The minimum atomic E-state index is -4.58. The highest BCUT2D eigenvalue weighted by Gasteiger charge is 2.33. The number of aryl methyl sites for hydroxylation is 3. The van der Waals surface area contributed by atoms with Gasteiger partial charge in [-0.05, 0) is 93.1 Å². The molecule has 2 atom stereocenters. The van der Waals surface area contributed by atoms with Crippen molar-refractivity contribution in [1.29, 1.82) is 0 Å². The van der Waals surface area contributed by atoms with Crippen LogP contribution in [0, 0.1) is 20.8 Å². The number of alkyl halides is 6. The van der Waals surface area contributed by atoms with Crippen molar-refractivity contribution in [3.05, 3.63) is 119 Å². The number of hydrogen-bond acceptors (Lipinski definition) is 7. The highest BCUT2D eigenvalue weighted by Crippen LogP contribution is 2.32. The minimum absolute atomic E-state index is 0.0264. The standard InChI is InChI=1S/C37H34F6O5S2/c1-23-5-16-30(17-6-23)49-20-18-31(46-28-12-8-26(9-13-28)36(38,39)40)34(44)48-35(45)32(19-21-50-33-22-24(2)4-7-25(33)3)47-29-14-10-27(11-15-29)37(41,42)43/h4-17,22,31-32H,18-21H2,1-3H3. The number of halogens is 6. The smallest absolute Gasteiger partial charge is 0.416 e. The van der Waals surface area contributed by atoms with Crippen molar-refractivity contribution in [1.82, 2.24) is 0 Å². The Hall–Kier alpha value is -4.10. The van der Waals surface area contributed by atoms with Gasteiger partial charge in [-0.15, -0.1) is 23.5 Å². The summed E-state index contributed by atoms with van der Waals surface area (Å²) >= 11 is 2.84. The Balaban J connectivity index is 1.51. The number of ether oxygens (including phenoxy) is 3. The third kappa shape index (κ3) is 11.8. The van der Waals surface area contributed by atoms with Gasteiger partial charge in [0.05, 0.1) is 11.1 Å². The predicted molar refractivity (Wildman–Crippen MR) is 181 cm³/mol. The number of benzene rings is 4. The summed E-state index contributed by atoms with van der Waals surface area (Å²) in [5.74, 6) is -1.62. The predicted octanol–water partition coefficient (Wildman–Crippen LogP) is 10.3. The van der Waals surface area contributed by atoms with Gasteiger partial charge in [0, 0.05) is 34.1 Å². The van der Waals surface area contributed by atoms with E-state index in [2.05, 4.69) is 0 Å². The van der Waals surface area contributed by atoms with Crippen LogP contribution in [0.2, 0.25) is 0 Å². The highest BCUT2D eigenvalue weighted by molar-refractivity contribution is 7.99. The number of rotatable bonds is 14. The highest BCUT2D eigenvalue weighted by atomic mass is 32.2. The van der Waals surface area contributed by atoms with Crippen molar-refractivity contribution < 1.29 is 50.1 Å². The maximum atomic E-state index is 13.4. The average molecular weight is 737 g/mol. The molecule has 4 rings (SSSR count). The molecule has 0 aromatic heterocycles. The number of esters is 2. The van der Waals surface area contributed by atoms with E-state index >= 15 is 0 Å². The van der Waals surface area contributed by atoms with Crippen molar-refractivity contribution in [2.75, 3.05) is 11.5 Å². The molecule has 0 bridgehead atoms. The first-order valence-corrected chi connectivity index (χ1v) is 17.4. The van der Waals surface area contributed by atoms with Crippen LogP contribution in [0.4, 0.5) is 26.3 Å². The van der Waals surface area contributed by atoms with Crippen LogP contribution in [0.1, 0.15) is 40.7 Å². The van der Waals surface area contributed by atoms with E-state index in [0.29, 0.717) is 11.5 Å². The average Bonchev–Trinajstić information content (AvgIpc) is 3.06. The maximum Gasteiger partial charge on any atom is 0.416 e. The van der Waals surface area contributed by atoms with Crippen molar-refractivity contribution >= 4 is 35.5 Å². The molecule has 0 radical (unpaired) electrons. The van der Waals surface area contributed by atoms with Gasteiger partial charge >= 0.3 is 24.3 Å². The number of carbonyl (C=O) groups is 2. The Morgan fingerprint density at radius 3 is 1.50 bits per heavy atom. The van der Waals surface area contributed by atoms with E-state index in [1.165, 1.54) is 23.5 Å². The van der Waals surface area contributed by atoms with E-state index in [-0.39, 0.29) is 24.3 Å². The van der Waals surface area contributed by atoms with Gasteiger partial charge in [0.2, 0.25) is 0 Å². The Labute approximate surface area is 294 Å². The lowest BCUT2D eigenvalue weighted by Crippen LogP contribution is -2.37. The van der Waals surface area contributed by atoms with Gasteiger partial charge in [-0.1, -0.05) is 35.4 Å². The molecule has 0 N–H and O–H groups in total. The normalized spacial score (nSPS) is 13.0. The zero-order valence-electron chi connectivity index (χ0n) is 27.3. The Kier molecular flexibility index (Phi) is 13.3. The van der Waals surface area contributed by atoms with Crippen LogP contribution in [-0.2, 0) is 26.7 Å². The lowest BCUT2D eigenvalue weighted by molar-refractivity contribution is -0.169. The van der Waals surface area contributed by atoms with Gasteiger partial charge in [-0.2, -0.15) is 26.3 Å². The molecule has 0 saturated heterocycles. The van der Waals surface area contributed by atoms with Crippen LogP contribution in [0.25, 0.3) is 0 Å². The molecule has 266 valence electrons. The van der Waals surface area contributed by atoms with Gasteiger partial charge in [0.1, 0.15) is 11.5 Å². The monoisotopic (exact) mass is 736 g/mol. The van der Waals surface area contributed by atoms with Crippen LogP contribution in [0.3, 0.4) is 0 Å². The summed E-state index contributed by atoms with van der Waals surface area (Å²) in [6.07, 6.45) is -11.9. The second kappa shape index (κ2) is 17.2. The summed E-state index contributed by atoms with van der Waals surface area (Å²) in [6, 6.07) is 21.0. The fourth-order valence-electron chi connectivity index (χ4n) is 4.51. The molecule has 4 aromatic carbocycles. The first-order valence-electron chi connectivity index (χ1n) is 15.4. The summed E-state index contributed by atoms with van der Waals surface area (Å²) in [4.78, 5) is 28.7. The number of thioether (sulfide) groups is 2. The summed E-state index contributed by atoms with van der Waals surface area (Å²) < 4.78 is 95.5. The van der Waals surface area contributed by atoms with Crippen LogP contribution in [-0.4, -0.2) is 35.7 Å². The molecule has 0 fully saturated rings. The van der Waals surface area contributed by atoms with Crippen molar-refractivity contribution in [3.8, 4) is 11.5 Å². The molecule has 2 unspecified atom stereocenters. The Morgan fingerprint density at radius 2 is 1.04 bits per heavy atom. The zero-order valence-corrected chi connectivity index (χ0v) is 28.9. The van der Waals surface area contributed by atoms with Crippen LogP contribution >= 0.6 is 23.5 Å². The van der Waals surface area contributed by atoms with Gasteiger partial charge in [0.15, 0.2) is 12.2 Å². The molecule has 50 heavy (non-hydrogen) atoms. The largest absolute Gasteiger partial charge is 0.479 e. The lowest BCUT2D eigenvalue weighted by atomic mass is 10.2. The fourth-order valence-corrected chi connectivity index (χ4v) is 6.52. The topological polar surface area (TPSA) is 61.8 Å². The molecular weight excluding hydrogens is 703 g/mol. The van der Waals surface area contributed by atoms with E-state index in [1.807, 2.05) is 63.2 Å². The summed E-state index contributed by atoms with van der Waals surface area (Å²) in [5, 5.41) is 0. The van der Waals surface area contributed by atoms with Gasteiger partial charge < -0.3 is 14.2 Å². The summed E-state index contributed by atoms with van der Waals surface area (Å²) in [6.45, 7) is 5.80. The van der Waals surface area contributed by atoms with E-state index in [0.717, 1.165) is 75.0 Å². The zero-order chi connectivity index (χ0) is 36.5. The molecule has 5 nitrogen and oxygen atoms in total. The number of hydrogen-bond donors (Lipinski definition) is 0. The molecular formula is C37H34F6O5S2. The van der Waals surface area contributed by atoms with Crippen molar-refractivity contribution in [3.63, 3.8) is 0 Å². The molecule has 0 amide bonds. The molecule has 4 aromatic rings. The second-order valence-electron chi connectivity index (χ2n) is 11.4. The number of carbonyl (C=O) groups excluding carboxylic acids is 2. The van der Waals surface area contributed by atoms with E-state index in [4.69, 9.17) is 14.2 Å². The minimum Gasteiger partial charge on any atom is -0.479 e. The summed E-state index contributed by atoms with van der Waals surface area (Å²) in [7, 11) is 0. The van der Waals surface area contributed by atoms with Crippen LogP contribution < -0.4 is 9.47 Å². The summed E-state index contributed by atoms with van der Waals surface area (Å²) in [5.41, 5.74) is 1.28. The maximum absolute atomic E-state index is 13.4. The fraction of sp³-hybridized carbons (Fsp3) is 0.297. The van der Waals surface area contributed by atoms with Gasteiger partial charge in [0.25, 0.3) is 0 Å². The Morgan fingerprint density at radius 1 is 0.600 bits per heavy atom. The van der Waals surface area contributed by atoms with Crippen molar-refractivity contribution in [2.45, 2.75) is 68.0 Å². The third-order valence-corrected chi connectivity index (χ3v) is 9.53. The second-order valence-corrected chi connectivity index (χ2v) is 13.7. The lowest BCUT2D eigenvalue weighted by Gasteiger charge is -2.21. The van der Waals surface area contributed by atoms with E-state index < -0.39 is 47.6 Å². The van der Waals surface area contributed by atoms with Crippen LogP contribution in [0.5, 0.6) is 11.5 Å². The van der Waals surface area contributed by atoms with E-state index in [9.17, 15) is 35.9 Å². The quantitative estimate of drug-likeness (QED) is 0.0553. The first kappa shape index (κ1) is 38.7.